The van der Waals surface area contributed by atoms with Crippen LogP contribution in [0.15, 0.2) is 24.3 Å². The van der Waals surface area contributed by atoms with Crippen molar-refractivity contribution in [3.8, 4) is 11.5 Å². The Kier molecular flexibility index (Phi) is 6.47. The van der Waals surface area contributed by atoms with Crippen LogP contribution in [0.4, 0.5) is 0 Å². The zero-order valence-corrected chi connectivity index (χ0v) is 13.8. The minimum Gasteiger partial charge on any atom is -0.496 e. The van der Waals surface area contributed by atoms with E-state index in [-0.39, 0.29) is 11.7 Å². The maximum atomic E-state index is 12.3. The summed E-state index contributed by atoms with van der Waals surface area (Å²) in [6.45, 7) is 10.00. The van der Waals surface area contributed by atoms with E-state index in [1.54, 1.807) is 14.2 Å². The minimum atomic E-state index is 0.114. The first-order chi connectivity index (χ1) is 9.90. The highest BCUT2D eigenvalue weighted by Crippen LogP contribution is 2.36. The van der Waals surface area contributed by atoms with Gasteiger partial charge in [-0.1, -0.05) is 19.4 Å². The molecule has 0 aliphatic heterocycles. The molecule has 0 saturated heterocycles. The fourth-order valence-corrected chi connectivity index (χ4v) is 2.36. The number of benzene rings is 1. The van der Waals surface area contributed by atoms with Gasteiger partial charge in [-0.3, -0.25) is 4.79 Å². The van der Waals surface area contributed by atoms with E-state index in [1.807, 2.05) is 19.1 Å². The van der Waals surface area contributed by atoms with Crippen molar-refractivity contribution in [1.82, 2.24) is 0 Å². The number of ether oxygens (including phenoxy) is 2. The van der Waals surface area contributed by atoms with E-state index in [2.05, 4.69) is 20.4 Å². The summed E-state index contributed by atoms with van der Waals surface area (Å²) in [6.07, 6.45) is 2.22. The monoisotopic (exact) mass is 290 g/mol. The molecule has 0 aliphatic carbocycles. The first kappa shape index (κ1) is 17.3. The van der Waals surface area contributed by atoms with Crippen LogP contribution in [0.25, 0.3) is 0 Å². The van der Waals surface area contributed by atoms with Crippen LogP contribution in [0.5, 0.6) is 11.5 Å². The van der Waals surface area contributed by atoms with E-state index in [0.717, 1.165) is 24.0 Å². The number of Topliss-reactive ketones (excluding diaryl/α,β-unsaturated/α-hetero) is 1. The first-order valence-corrected chi connectivity index (χ1v) is 7.34. The standard InChI is InChI=1S/C18H26O3/c1-12(2)8-7-9-15(19)14-10-16(20-5)18(13(3)4)17(11-14)21-6/h10-11,13H,1,7-9H2,2-6H3. The van der Waals surface area contributed by atoms with Gasteiger partial charge in [-0.25, -0.2) is 0 Å². The molecule has 0 atom stereocenters. The summed E-state index contributed by atoms with van der Waals surface area (Å²) in [7, 11) is 3.24. The molecule has 0 N–H and O–H groups in total. The second kappa shape index (κ2) is 7.87. The number of ketones is 1. The smallest absolute Gasteiger partial charge is 0.163 e. The van der Waals surface area contributed by atoms with E-state index in [4.69, 9.17) is 9.47 Å². The van der Waals surface area contributed by atoms with Gasteiger partial charge in [0, 0.05) is 17.5 Å². The lowest BCUT2D eigenvalue weighted by atomic mass is 9.96. The van der Waals surface area contributed by atoms with Crippen LogP contribution < -0.4 is 9.47 Å². The van der Waals surface area contributed by atoms with Crippen molar-refractivity contribution in [2.45, 2.75) is 46.0 Å². The molecule has 0 aromatic heterocycles. The summed E-state index contributed by atoms with van der Waals surface area (Å²) < 4.78 is 10.9. The second-order valence-electron chi connectivity index (χ2n) is 5.68. The lowest BCUT2D eigenvalue weighted by Gasteiger charge is -2.17. The van der Waals surface area contributed by atoms with Crippen molar-refractivity contribution >= 4 is 5.78 Å². The van der Waals surface area contributed by atoms with Crippen molar-refractivity contribution in [2.24, 2.45) is 0 Å². The topological polar surface area (TPSA) is 35.5 Å². The predicted molar refractivity (Wildman–Crippen MR) is 86.6 cm³/mol. The van der Waals surface area contributed by atoms with Crippen LogP contribution in [-0.4, -0.2) is 20.0 Å². The molecule has 0 amide bonds. The van der Waals surface area contributed by atoms with E-state index >= 15 is 0 Å². The maximum Gasteiger partial charge on any atom is 0.163 e. The number of allylic oxidation sites excluding steroid dienone is 1. The van der Waals surface area contributed by atoms with Gasteiger partial charge in [0.25, 0.3) is 0 Å². The molecule has 0 aliphatic rings. The van der Waals surface area contributed by atoms with Gasteiger partial charge in [0.15, 0.2) is 5.78 Å². The molecule has 116 valence electrons. The van der Waals surface area contributed by atoms with Crippen LogP contribution >= 0.6 is 0 Å². The van der Waals surface area contributed by atoms with Gasteiger partial charge in [-0.15, -0.1) is 6.58 Å². The molecule has 3 heteroatoms. The quantitative estimate of drug-likeness (QED) is 0.511. The Morgan fingerprint density at radius 2 is 1.67 bits per heavy atom. The van der Waals surface area contributed by atoms with Gasteiger partial charge in [-0.05, 0) is 37.8 Å². The first-order valence-electron chi connectivity index (χ1n) is 7.34. The Morgan fingerprint density at radius 3 is 2.05 bits per heavy atom. The highest BCUT2D eigenvalue weighted by atomic mass is 16.5. The normalized spacial score (nSPS) is 10.6. The molecule has 1 rings (SSSR count). The lowest BCUT2D eigenvalue weighted by molar-refractivity contribution is 0.0979. The number of hydrogen-bond donors (Lipinski definition) is 0. The van der Waals surface area contributed by atoms with Gasteiger partial charge in [-0.2, -0.15) is 0 Å². The number of carbonyl (C=O) groups is 1. The molecule has 1 aromatic rings. The van der Waals surface area contributed by atoms with Crippen LogP contribution in [0.2, 0.25) is 0 Å². The number of hydrogen-bond acceptors (Lipinski definition) is 3. The highest BCUT2D eigenvalue weighted by Gasteiger charge is 2.18. The van der Waals surface area contributed by atoms with Gasteiger partial charge in [0.05, 0.1) is 14.2 Å². The van der Waals surface area contributed by atoms with Crippen molar-refractivity contribution < 1.29 is 14.3 Å². The van der Waals surface area contributed by atoms with Crippen LogP contribution in [0.1, 0.15) is 61.9 Å². The van der Waals surface area contributed by atoms with Gasteiger partial charge in [0.2, 0.25) is 0 Å². The maximum absolute atomic E-state index is 12.3. The molecular weight excluding hydrogens is 264 g/mol. The molecule has 1 aromatic carbocycles. The van der Waals surface area contributed by atoms with Gasteiger partial charge >= 0.3 is 0 Å². The third kappa shape index (κ3) is 4.62. The Balaban J connectivity index is 3.03. The van der Waals surface area contributed by atoms with Crippen molar-refractivity contribution in [2.75, 3.05) is 14.2 Å². The summed E-state index contributed by atoms with van der Waals surface area (Å²) in [5, 5.41) is 0. The van der Waals surface area contributed by atoms with Gasteiger partial charge < -0.3 is 9.47 Å². The molecule has 0 fully saturated rings. The minimum absolute atomic E-state index is 0.114. The van der Waals surface area contributed by atoms with E-state index in [0.29, 0.717) is 23.5 Å². The molecule has 3 nitrogen and oxygen atoms in total. The van der Waals surface area contributed by atoms with Crippen LogP contribution in [0, 0.1) is 0 Å². The summed E-state index contributed by atoms with van der Waals surface area (Å²) in [6, 6.07) is 3.64. The zero-order valence-electron chi connectivity index (χ0n) is 13.8. The molecule has 0 unspecified atom stereocenters. The average Bonchev–Trinajstić information content (AvgIpc) is 2.44. The molecule has 21 heavy (non-hydrogen) atoms. The van der Waals surface area contributed by atoms with E-state index in [9.17, 15) is 4.79 Å². The van der Waals surface area contributed by atoms with E-state index < -0.39 is 0 Å². The molecule has 0 heterocycles. The van der Waals surface area contributed by atoms with Crippen molar-refractivity contribution in [3.05, 3.63) is 35.4 Å². The zero-order chi connectivity index (χ0) is 16.0. The fraction of sp³-hybridized carbons (Fsp3) is 0.500. The fourth-order valence-electron chi connectivity index (χ4n) is 2.36. The SMILES string of the molecule is C=C(C)CCCC(=O)c1cc(OC)c(C(C)C)c(OC)c1. The van der Waals surface area contributed by atoms with E-state index in [1.165, 1.54) is 0 Å². The number of rotatable bonds is 8. The Labute approximate surface area is 128 Å². The lowest BCUT2D eigenvalue weighted by Crippen LogP contribution is -2.05. The number of carbonyl (C=O) groups excluding carboxylic acids is 1. The Bertz CT molecular complexity index is 490. The van der Waals surface area contributed by atoms with Gasteiger partial charge in [0.1, 0.15) is 11.5 Å². The van der Waals surface area contributed by atoms with Crippen LogP contribution in [-0.2, 0) is 0 Å². The number of methoxy groups -OCH3 is 2. The summed E-state index contributed by atoms with van der Waals surface area (Å²) >= 11 is 0. The molecule has 0 saturated carbocycles. The largest absolute Gasteiger partial charge is 0.496 e. The third-order valence-corrected chi connectivity index (χ3v) is 3.45. The highest BCUT2D eigenvalue weighted by molar-refractivity contribution is 5.97. The Hall–Kier alpha value is -1.77. The molecular formula is C18H26O3. The van der Waals surface area contributed by atoms with Crippen molar-refractivity contribution in [3.63, 3.8) is 0 Å². The average molecular weight is 290 g/mol. The summed E-state index contributed by atoms with van der Waals surface area (Å²) in [4.78, 5) is 12.3. The summed E-state index contributed by atoms with van der Waals surface area (Å²) in [5.41, 5.74) is 2.75. The molecule has 0 bridgehead atoms. The van der Waals surface area contributed by atoms with Crippen molar-refractivity contribution in [1.29, 1.82) is 0 Å². The third-order valence-electron chi connectivity index (χ3n) is 3.45. The predicted octanol–water partition coefficient (Wildman–Crippen LogP) is 4.76. The Morgan fingerprint density at radius 1 is 1.14 bits per heavy atom. The summed E-state index contributed by atoms with van der Waals surface area (Å²) in [5.74, 6) is 1.81. The van der Waals surface area contributed by atoms with Crippen LogP contribution in [0.3, 0.4) is 0 Å². The molecule has 0 radical (unpaired) electrons. The molecule has 0 spiro atoms. The second-order valence-corrected chi connectivity index (χ2v) is 5.68.